The van der Waals surface area contributed by atoms with Gasteiger partial charge in [0.15, 0.2) is 5.82 Å². The predicted octanol–water partition coefficient (Wildman–Crippen LogP) is 4.51. The van der Waals surface area contributed by atoms with Crippen LogP contribution in [0, 0.1) is 18.6 Å². The molecule has 0 bridgehead atoms. The van der Waals surface area contributed by atoms with Crippen molar-refractivity contribution in [1.82, 2.24) is 34.0 Å². The van der Waals surface area contributed by atoms with Crippen LogP contribution in [0.2, 0.25) is 0 Å². The lowest BCUT2D eigenvalue weighted by molar-refractivity contribution is -0.140. The molecular formula is C26H22F5N7O. The molecule has 0 amide bonds. The Hall–Kier alpha value is -4.26. The molecule has 8 nitrogen and oxygen atoms in total. The highest BCUT2D eigenvalue weighted by atomic mass is 19.4. The molecule has 0 radical (unpaired) electrons. The third kappa shape index (κ3) is 3.79. The Morgan fingerprint density at radius 1 is 1.13 bits per heavy atom. The number of fused-ring (bicyclic) bond motifs is 2. The number of hydrogen-bond acceptors (Lipinski definition) is 4. The van der Waals surface area contributed by atoms with E-state index in [0.717, 1.165) is 15.3 Å². The van der Waals surface area contributed by atoms with Gasteiger partial charge in [0.1, 0.15) is 11.6 Å². The van der Waals surface area contributed by atoms with Crippen LogP contribution in [0.4, 0.5) is 22.0 Å². The lowest BCUT2D eigenvalue weighted by atomic mass is 10.0. The smallest absolute Gasteiger partial charge is 0.310 e. The summed E-state index contributed by atoms with van der Waals surface area (Å²) >= 11 is 0. The molecule has 1 atom stereocenters. The normalized spacial score (nSPS) is 17.2. The number of benzene rings is 2. The minimum atomic E-state index is -4.98. The van der Waals surface area contributed by atoms with Gasteiger partial charge in [0.2, 0.25) is 0 Å². The van der Waals surface area contributed by atoms with E-state index >= 15 is 4.39 Å². The molecule has 1 N–H and O–H groups in total. The zero-order chi connectivity index (χ0) is 30.3. The first-order chi connectivity index (χ1) is 19.7. The number of hydrogen-bond donors (Lipinski definition) is 1. The van der Waals surface area contributed by atoms with Crippen LogP contribution in [0.5, 0.6) is 0 Å². The number of nitrogens with zero attached hydrogens (tertiary/aromatic N) is 6. The molecule has 6 rings (SSSR count). The molecule has 39 heavy (non-hydrogen) atoms. The van der Waals surface area contributed by atoms with E-state index in [0.29, 0.717) is 35.0 Å². The Morgan fingerprint density at radius 3 is 2.64 bits per heavy atom. The number of alkyl halides is 3. The van der Waals surface area contributed by atoms with Crippen LogP contribution in [0.25, 0.3) is 28.1 Å². The van der Waals surface area contributed by atoms with Crippen molar-refractivity contribution < 1.29 is 26.1 Å². The van der Waals surface area contributed by atoms with Crippen molar-refractivity contribution in [3.8, 4) is 17.2 Å². The van der Waals surface area contributed by atoms with E-state index in [1.807, 2.05) is 6.92 Å². The van der Waals surface area contributed by atoms with Crippen LogP contribution in [-0.2, 0) is 19.6 Å². The van der Waals surface area contributed by atoms with E-state index in [1.165, 1.54) is 42.2 Å². The maximum atomic E-state index is 15.6. The van der Waals surface area contributed by atoms with Gasteiger partial charge in [-0.1, -0.05) is 0 Å². The van der Waals surface area contributed by atoms with Gasteiger partial charge in [-0.05, 0) is 43.7 Å². The molecule has 2 aromatic carbocycles. The molecule has 5 aromatic rings. The standard InChI is InChI=1S/C26H22F5N7O/c1-13-10-15(11-17(22(13)27)26(29,30)31)38-24(21-14(2)32-7-6-18(21)34-38)37-9-8-36(25(37)39)20-5-4-19-16(23(20)28)12-33-35(19)3/h4-5,8-12,14,32H,6-7H2,1-3H3/t14-/m0/s1/i3D3. The number of rotatable bonds is 3. The van der Waals surface area contributed by atoms with Crippen LogP contribution >= 0.6 is 0 Å². The average Bonchev–Trinajstić information content (AvgIpc) is 3.61. The molecule has 0 fully saturated rings. The topological polar surface area (TPSA) is 74.6 Å². The van der Waals surface area contributed by atoms with Crippen LogP contribution in [0.1, 0.15) is 39.5 Å². The van der Waals surface area contributed by atoms with Crippen LogP contribution < -0.4 is 11.0 Å². The third-order valence-corrected chi connectivity index (χ3v) is 6.94. The summed E-state index contributed by atoms with van der Waals surface area (Å²) in [6, 6.07) is 4.07. The Bertz CT molecular complexity index is 1930. The van der Waals surface area contributed by atoms with E-state index in [4.69, 9.17) is 4.11 Å². The van der Waals surface area contributed by atoms with Gasteiger partial charge in [0.25, 0.3) is 0 Å². The quantitative estimate of drug-likeness (QED) is 0.338. The highest BCUT2D eigenvalue weighted by Gasteiger charge is 2.36. The highest BCUT2D eigenvalue weighted by Crippen LogP contribution is 2.36. The highest BCUT2D eigenvalue weighted by molar-refractivity contribution is 5.81. The maximum absolute atomic E-state index is 15.6. The lowest BCUT2D eigenvalue weighted by Gasteiger charge is -2.21. The Balaban J connectivity index is 1.56. The van der Waals surface area contributed by atoms with Crippen LogP contribution in [0.3, 0.4) is 0 Å². The number of halogens is 5. The number of imidazole rings is 1. The Morgan fingerprint density at radius 2 is 1.90 bits per heavy atom. The first-order valence-electron chi connectivity index (χ1n) is 13.4. The minimum Gasteiger partial charge on any atom is -0.310 e. The zero-order valence-corrected chi connectivity index (χ0v) is 20.5. The lowest BCUT2D eigenvalue weighted by Crippen LogP contribution is -2.30. The molecule has 0 spiro atoms. The fraction of sp³-hybridized carbons (Fsp3) is 0.269. The van der Waals surface area contributed by atoms with Gasteiger partial charge >= 0.3 is 11.9 Å². The van der Waals surface area contributed by atoms with Crippen LogP contribution in [-0.4, -0.2) is 35.2 Å². The second kappa shape index (κ2) is 8.63. The second-order valence-electron chi connectivity index (χ2n) is 9.35. The van der Waals surface area contributed by atoms with Crippen molar-refractivity contribution in [2.24, 2.45) is 6.98 Å². The van der Waals surface area contributed by atoms with Gasteiger partial charge in [-0.3, -0.25) is 13.8 Å². The van der Waals surface area contributed by atoms with Gasteiger partial charge < -0.3 is 5.32 Å². The van der Waals surface area contributed by atoms with Gasteiger partial charge in [-0.2, -0.15) is 23.4 Å². The van der Waals surface area contributed by atoms with E-state index in [2.05, 4.69) is 15.5 Å². The molecular weight excluding hydrogens is 521 g/mol. The van der Waals surface area contributed by atoms with E-state index < -0.39 is 36.0 Å². The van der Waals surface area contributed by atoms with Crippen molar-refractivity contribution in [3.63, 3.8) is 0 Å². The SMILES string of the molecule is [2H]C([2H])([2H])n1ncc2c(F)c(-n3ccn(-c4c5c(nn4-c4cc(C)c(F)c(C(F)(F)F)c4)CCN[C@H]5C)c3=O)ccc21. The molecule has 1 aliphatic rings. The fourth-order valence-corrected chi connectivity index (χ4v) is 5.06. The molecule has 0 saturated carbocycles. The van der Waals surface area contributed by atoms with E-state index in [1.54, 1.807) is 0 Å². The molecule has 0 unspecified atom stereocenters. The molecule has 3 aromatic heterocycles. The summed E-state index contributed by atoms with van der Waals surface area (Å²) in [6.07, 6.45) is -0.899. The van der Waals surface area contributed by atoms with Crippen molar-refractivity contribution in [1.29, 1.82) is 0 Å². The molecule has 1 aliphatic heterocycles. The first-order valence-corrected chi connectivity index (χ1v) is 11.9. The van der Waals surface area contributed by atoms with Crippen molar-refractivity contribution >= 4 is 10.9 Å². The van der Waals surface area contributed by atoms with Crippen molar-refractivity contribution in [2.45, 2.75) is 32.5 Å². The molecule has 0 saturated heterocycles. The van der Waals surface area contributed by atoms with Gasteiger partial charge in [-0.25, -0.2) is 18.3 Å². The summed E-state index contributed by atoms with van der Waals surface area (Å²) < 4.78 is 98.0. The Kier molecular flexibility index (Phi) is 4.79. The van der Waals surface area contributed by atoms with Crippen LogP contribution in [0.15, 0.2) is 47.7 Å². The summed E-state index contributed by atoms with van der Waals surface area (Å²) in [4.78, 5) is 13.8. The second-order valence-corrected chi connectivity index (χ2v) is 9.35. The number of aryl methyl sites for hydroxylation is 2. The van der Waals surface area contributed by atoms with Crippen molar-refractivity contribution in [3.05, 3.63) is 87.4 Å². The monoisotopic (exact) mass is 546 g/mol. The van der Waals surface area contributed by atoms with Gasteiger partial charge in [0, 0.05) is 48.1 Å². The Labute approximate surface area is 222 Å². The molecule has 202 valence electrons. The largest absolute Gasteiger partial charge is 0.419 e. The maximum Gasteiger partial charge on any atom is 0.419 e. The summed E-state index contributed by atoms with van der Waals surface area (Å²) in [7, 11) is 0. The minimum absolute atomic E-state index is 0.00271. The zero-order valence-electron chi connectivity index (χ0n) is 23.5. The van der Waals surface area contributed by atoms with Gasteiger partial charge in [0.05, 0.1) is 39.7 Å². The third-order valence-electron chi connectivity index (χ3n) is 6.94. The number of nitrogens with one attached hydrogen (secondary N) is 1. The molecule has 4 heterocycles. The summed E-state index contributed by atoms with van der Waals surface area (Å²) in [5, 5.41) is 11.4. The number of aromatic nitrogens is 6. The predicted molar refractivity (Wildman–Crippen MR) is 133 cm³/mol. The first kappa shape index (κ1) is 21.6. The average molecular weight is 547 g/mol. The summed E-state index contributed by atoms with van der Waals surface area (Å²) in [5.41, 5.74) is -1.72. The van der Waals surface area contributed by atoms with Crippen molar-refractivity contribution in [2.75, 3.05) is 6.54 Å². The van der Waals surface area contributed by atoms with E-state index in [9.17, 15) is 22.4 Å². The summed E-state index contributed by atoms with van der Waals surface area (Å²) in [5.74, 6) is -2.18. The van der Waals surface area contributed by atoms with Gasteiger partial charge in [-0.15, -0.1) is 0 Å². The molecule has 0 aliphatic carbocycles. The fourth-order valence-electron chi connectivity index (χ4n) is 5.06. The molecule has 13 heteroatoms. The van der Waals surface area contributed by atoms with E-state index in [-0.39, 0.29) is 39.7 Å². The summed E-state index contributed by atoms with van der Waals surface area (Å²) in [6.45, 7) is 0.898.